The number of carbonyl (C=O) groups is 1. The molecule has 1 aromatic carbocycles. The predicted molar refractivity (Wildman–Crippen MR) is 55.2 cm³/mol. The molecule has 4 nitrogen and oxygen atoms in total. The third-order valence-corrected chi connectivity index (χ3v) is 2.65. The second-order valence-corrected chi connectivity index (χ2v) is 3.72. The van der Waals surface area contributed by atoms with Crippen molar-refractivity contribution < 1.29 is 19.6 Å². The van der Waals surface area contributed by atoms with Gasteiger partial charge in [0.2, 0.25) is 0 Å². The van der Waals surface area contributed by atoms with Crippen molar-refractivity contribution in [3.05, 3.63) is 22.7 Å². The second-order valence-electron chi connectivity index (χ2n) is 3.31. The molecule has 0 saturated carbocycles. The number of rotatable bonds is 2. The van der Waals surface area contributed by atoms with Gasteiger partial charge in [-0.2, -0.15) is 0 Å². The lowest BCUT2D eigenvalue weighted by atomic mass is 9.79. The van der Waals surface area contributed by atoms with E-state index in [-0.39, 0.29) is 12.2 Å². The summed E-state index contributed by atoms with van der Waals surface area (Å²) in [5.74, 6) is -0.0341. The van der Waals surface area contributed by atoms with Crippen molar-refractivity contribution in [2.45, 2.75) is 12.5 Å². The Balaban J connectivity index is 2.50. The van der Waals surface area contributed by atoms with Gasteiger partial charge in [-0.3, -0.25) is 0 Å². The van der Waals surface area contributed by atoms with Crippen LogP contribution in [0.25, 0.3) is 0 Å². The molecule has 15 heavy (non-hydrogen) atoms. The lowest BCUT2D eigenvalue weighted by Gasteiger charge is -2.09. The number of hydrogen-bond acceptors (Lipinski definition) is 4. The van der Waals surface area contributed by atoms with Crippen molar-refractivity contribution in [2.75, 3.05) is 0 Å². The smallest absolute Gasteiger partial charge is 0.492 e. The lowest BCUT2D eigenvalue weighted by Crippen LogP contribution is -2.27. The fourth-order valence-electron chi connectivity index (χ4n) is 1.73. The Morgan fingerprint density at radius 1 is 1.60 bits per heavy atom. The number of hydrogen-bond donors (Lipinski definition) is 2. The molecule has 1 aromatic rings. The average Bonchev–Trinajstić information content (AvgIpc) is 2.44. The molecule has 0 fully saturated rings. The van der Waals surface area contributed by atoms with Crippen LogP contribution in [-0.2, 0) is 9.45 Å². The Bertz CT molecular complexity index is 409. The highest BCUT2D eigenvalue weighted by molar-refractivity contribution is 6.62. The van der Waals surface area contributed by atoms with Crippen LogP contribution < -0.4 is 5.46 Å². The van der Waals surface area contributed by atoms with E-state index in [1.807, 2.05) is 0 Å². The number of fused-ring (bicyclic) bond motifs is 1. The summed E-state index contributed by atoms with van der Waals surface area (Å²) in [5, 5.41) is 19.1. The van der Waals surface area contributed by atoms with Gasteiger partial charge in [0.05, 0.1) is 6.10 Å². The molecule has 2 rings (SSSR count). The minimum absolute atomic E-state index is 0.0341. The van der Waals surface area contributed by atoms with Crippen molar-refractivity contribution in [3.63, 3.8) is 0 Å². The van der Waals surface area contributed by atoms with Crippen LogP contribution in [0.5, 0.6) is 5.75 Å². The fourth-order valence-corrected chi connectivity index (χ4v) is 2.07. The zero-order valence-corrected chi connectivity index (χ0v) is 8.44. The Kier molecular flexibility index (Phi) is 2.69. The third-order valence-electron chi connectivity index (χ3n) is 2.34. The van der Waals surface area contributed by atoms with Crippen LogP contribution in [-0.4, -0.2) is 23.5 Å². The first-order valence-electron chi connectivity index (χ1n) is 4.43. The molecule has 0 saturated heterocycles. The maximum absolute atomic E-state index is 10.4. The molecule has 0 aromatic heterocycles. The highest BCUT2D eigenvalue weighted by atomic mass is 35.5. The van der Waals surface area contributed by atoms with Gasteiger partial charge in [0.25, 0.3) is 0 Å². The molecule has 2 N–H and O–H groups in total. The van der Waals surface area contributed by atoms with Gasteiger partial charge in [0, 0.05) is 11.4 Å². The average molecular weight is 226 g/mol. The summed E-state index contributed by atoms with van der Waals surface area (Å²) < 4.78 is 5.14. The summed E-state index contributed by atoms with van der Waals surface area (Å²) in [6, 6.07) is 2.75. The van der Waals surface area contributed by atoms with Crippen molar-refractivity contribution >= 4 is 30.5 Å². The Morgan fingerprint density at radius 2 is 2.33 bits per heavy atom. The molecule has 0 amide bonds. The molecule has 1 aliphatic heterocycles. The summed E-state index contributed by atoms with van der Waals surface area (Å²) in [4.78, 5) is 10.4. The number of carbonyl (C=O) groups excluding carboxylic acids is 1. The molecule has 0 aliphatic carbocycles. The van der Waals surface area contributed by atoms with Gasteiger partial charge in [-0.05, 0) is 23.2 Å². The van der Waals surface area contributed by atoms with Gasteiger partial charge in [-0.25, -0.2) is 0 Å². The van der Waals surface area contributed by atoms with E-state index in [1.54, 1.807) is 0 Å². The normalized spacial score (nSPS) is 19.1. The molecule has 0 bridgehead atoms. The zero-order chi connectivity index (χ0) is 11.0. The minimum Gasteiger partial charge on any atom is -0.508 e. The number of benzene rings is 1. The topological polar surface area (TPSA) is 66.8 Å². The van der Waals surface area contributed by atoms with Gasteiger partial charge >= 0.3 is 7.12 Å². The maximum Gasteiger partial charge on any atom is 0.492 e. The molecule has 1 heterocycles. The van der Waals surface area contributed by atoms with E-state index in [9.17, 15) is 14.9 Å². The maximum atomic E-state index is 10.4. The van der Waals surface area contributed by atoms with Crippen molar-refractivity contribution in [2.24, 2.45) is 0 Å². The molecule has 1 atom stereocenters. The number of aldehydes is 1. The van der Waals surface area contributed by atoms with Crippen LogP contribution in [0.1, 0.15) is 18.1 Å². The van der Waals surface area contributed by atoms with Crippen LogP contribution in [0.2, 0.25) is 5.02 Å². The summed E-state index contributed by atoms with van der Waals surface area (Å²) >= 11 is 5.90. The van der Waals surface area contributed by atoms with Gasteiger partial charge in [-0.15, -0.1) is 0 Å². The highest BCUT2D eigenvalue weighted by Crippen LogP contribution is 2.33. The minimum atomic E-state index is -1.13. The zero-order valence-electron chi connectivity index (χ0n) is 7.68. The quantitative estimate of drug-likeness (QED) is 0.566. The van der Waals surface area contributed by atoms with Crippen LogP contribution in [0.15, 0.2) is 12.1 Å². The molecule has 0 radical (unpaired) electrons. The first-order chi connectivity index (χ1) is 7.13. The molecule has 78 valence electrons. The van der Waals surface area contributed by atoms with E-state index >= 15 is 0 Å². The number of phenols is 1. The van der Waals surface area contributed by atoms with E-state index in [0.29, 0.717) is 22.3 Å². The predicted octanol–water partition coefficient (Wildman–Crippen LogP) is 0.393. The van der Waals surface area contributed by atoms with E-state index in [1.165, 1.54) is 12.1 Å². The van der Waals surface area contributed by atoms with Crippen LogP contribution in [0, 0.1) is 0 Å². The lowest BCUT2D eigenvalue weighted by molar-refractivity contribution is -0.109. The molecule has 6 heteroatoms. The van der Waals surface area contributed by atoms with Gasteiger partial charge in [0.15, 0.2) is 0 Å². The van der Waals surface area contributed by atoms with Crippen LogP contribution in [0.4, 0.5) is 0 Å². The molecule has 1 unspecified atom stereocenters. The van der Waals surface area contributed by atoms with E-state index < -0.39 is 13.2 Å². The standard InChI is InChI=1S/C9H8BClO4/c11-7-4-5(13)3-6-9(7)8(1-2-12)15-10(6)14/h2-4,8,13-14H,1H2. The fraction of sp³-hybridized carbons (Fsp3) is 0.222. The summed E-state index contributed by atoms with van der Waals surface area (Å²) in [7, 11) is -1.13. The Morgan fingerprint density at radius 3 is 3.00 bits per heavy atom. The molecular formula is C9H8BClO4. The summed E-state index contributed by atoms with van der Waals surface area (Å²) in [6.07, 6.45) is 0.310. The van der Waals surface area contributed by atoms with Gasteiger partial charge in [-0.1, -0.05) is 11.6 Å². The van der Waals surface area contributed by atoms with Crippen molar-refractivity contribution in [1.82, 2.24) is 0 Å². The van der Waals surface area contributed by atoms with E-state index in [0.717, 1.165) is 0 Å². The number of aromatic hydroxyl groups is 1. The second kappa shape index (κ2) is 3.85. The largest absolute Gasteiger partial charge is 0.508 e. The molecule has 1 aliphatic rings. The monoisotopic (exact) mass is 226 g/mol. The Labute approximate surface area is 91.6 Å². The Hall–Kier alpha value is -1.04. The summed E-state index contributed by atoms with van der Waals surface area (Å²) in [5.41, 5.74) is 1.00. The van der Waals surface area contributed by atoms with E-state index in [4.69, 9.17) is 16.3 Å². The third kappa shape index (κ3) is 1.74. The van der Waals surface area contributed by atoms with Crippen molar-refractivity contribution in [1.29, 1.82) is 0 Å². The molecular weight excluding hydrogens is 218 g/mol. The van der Waals surface area contributed by atoms with Gasteiger partial charge < -0.3 is 19.6 Å². The first kappa shape index (κ1) is 10.5. The van der Waals surface area contributed by atoms with E-state index in [2.05, 4.69) is 0 Å². The van der Waals surface area contributed by atoms with Crippen LogP contribution >= 0.6 is 11.6 Å². The highest BCUT2D eigenvalue weighted by Gasteiger charge is 2.36. The van der Waals surface area contributed by atoms with Gasteiger partial charge in [0.1, 0.15) is 12.0 Å². The molecule has 0 spiro atoms. The number of phenolic OH excluding ortho intramolecular Hbond substituents is 1. The van der Waals surface area contributed by atoms with Crippen molar-refractivity contribution in [3.8, 4) is 5.75 Å². The first-order valence-corrected chi connectivity index (χ1v) is 4.80. The van der Waals surface area contributed by atoms with Crippen LogP contribution in [0.3, 0.4) is 0 Å². The number of halogens is 1. The summed E-state index contributed by atoms with van der Waals surface area (Å²) in [6.45, 7) is 0. The SMILES string of the molecule is O=CCC1OB(O)c2cc(O)cc(Cl)c21.